The van der Waals surface area contributed by atoms with Crippen molar-refractivity contribution in [3.05, 3.63) is 29.8 Å². The monoisotopic (exact) mass is 407 g/mol. The first-order chi connectivity index (χ1) is 13.5. The second kappa shape index (κ2) is 9.85. The highest BCUT2D eigenvalue weighted by molar-refractivity contribution is 7.89. The number of rotatable bonds is 7. The molecule has 0 radical (unpaired) electrons. The summed E-state index contributed by atoms with van der Waals surface area (Å²) in [7, 11) is -3.43. The van der Waals surface area contributed by atoms with E-state index >= 15 is 0 Å². The van der Waals surface area contributed by atoms with Crippen molar-refractivity contribution in [2.24, 2.45) is 0 Å². The third-order valence-electron chi connectivity index (χ3n) is 5.78. The molecule has 2 fully saturated rings. The quantitative estimate of drug-likeness (QED) is 0.696. The fourth-order valence-electron chi connectivity index (χ4n) is 4.01. The Kier molecular flexibility index (Phi) is 7.48. The molecule has 0 aromatic heterocycles. The summed E-state index contributed by atoms with van der Waals surface area (Å²) in [5.74, 6) is 0.238. The normalized spacial score (nSPS) is 19.7. The van der Waals surface area contributed by atoms with Gasteiger partial charge in [-0.15, -0.1) is 0 Å². The predicted octanol–water partition coefficient (Wildman–Crippen LogP) is 2.35. The van der Waals surface area contributed by atoms with Crippen LogP contribution < -0.4 is 0 Å². The van der Waals surface area contributed by atoms with Crippen molar-refractivity contribution in [1.29, 1.82) is 0 Å². The molecule has 0 saturated carbocycles. The second-order valence-electron chi connectivity index (χ2n) is 7.83. The summed E-state index contributed by atoms with van der Waals surface area (Å²) in [6.45, 7) is 6.94. The second-order valence-corrected chi connectivity index (χ2v) is 9.77. The van der Waals surface area contributed by atoms with E-state index in [-0.39, 0.29) is 5.91 Å². The average Bonchev–Trinajstić information content (AvgIpc) is 2.73. The molecule has 2 heterocycles. The number of nitrogens with zero attached hydrogens (tertiary/aromatic N) is 3. The van der Waals surface area contributed by atoms with Crippen LogP contribution in [0.5, 0.6) is 0 Å². The minimum absolute atomic E-state index is 0.238. The summed E-state index contributed by atoms with van der Waals surface area (Å²) >= 11 is 0. The number of carbonyl (C=O) groups excluding carboxylic acids is 1. The van der Waals surface area contributed by atoms with Crippen molar-refractivity contribution in [3.63, 3.8) is 0 Å². The van der Waals surface area contributed by atoms with E-state index in [1.54, 1.807) is 16.4 Å². The number of piperazine rings is 1. The molecule has 2 saturated heterocycles. The molecule has 1 amide bonds. The van der Waals surface area contributed by atoms with Crippen LogP contribution in [-0.4, -0.2) is 74.2 Å². The summed E-state index contributed by atoms with van der Waals surface area (Å²) < 4.78 is 27.3. The first kappa shape index (κ1) is 21.3. The van der Waals surface area contributed by atoms with Gasteiger partial charge in [-0.05, 0) is 43.4 Å². The lowest BCUT2D eigenvalue weighted by Gasteiger charge is -2.34. The highest BCUT2D eigenvalue weighted by Crippen LogP contribution is 2.19. The molecule has 0 bridgehead atoms. The summed E-state index contributed by atoms with van der Waals surface area (Å²) in [4.78, 5) is 16.9. The Morgan fingerprint density at radius 3 is 2.18 bits per heavy atom. The van der Waals surface area contributed by atoms with E-state index in [4.69, 9.17) is 0 Å². The molecule has 0 spiro atoms. The molecule has 7 heteroatoms. The molecule has 2 aliphatic heterocycles. The molecular formula is C21H33N3O3S. The highest BCUT2D eigenvalue weighted by atomic mass is 32.2. The number of aryl methyl sites for hydroxylation is 1. The molecule has 28 heavy (non-hydrogen) atoms. The van der Waals surface area contributed by atoms with Crippen molar-refractivity contribution in [2.75, 3.05) is 45.8 Å². The van der Waals surface area contributed by atoms with E-state index in [0.717, 1.165) is 45.3 Å². The van der Waals surface area contributed by atoms with Gasteiger partial charge in [0.2, 0.25) is 15.9 Å². The number of hydrogen-bond acceptors (Lipinski definition) is 4. The topological polar surface area (TPSA) is 60.9 Å². The van der Waals surface area contributed by atoms with Crippen LogP contribution in [0.4, 0.5) is 0 Å². The van der Waals surface area contributed by atoms with Gasteiger partial charge < -0.3 is 9.80 Å². The minimum Gasteiger partial charge on any atom is -0.343 e. The predicted molar refractivity (Wildman–Crippen MR) is 111 cm³/mol. The fraction of sp³-hybridized carbons (Fsp3) is 0.667. The van der Waals surface area contributed by atoms with Gasteiger partial charge in [-0.25, -0.2) is 8.42 Å². The van der Waals surface area contributed by atoms with Gasteiger partial charge in [0.15, 0.2) is 0 Å². The van der Waals surface area contributed by atoms with Crippen LogP contribution in [0.25, 0.3) is 0 Å². The number of amides is 1. The maximum atomic E-state index is 12.9. The van der Waals surface area contributed by atoms with E-state index in [2.05, 4.69) is 11.8 Å². The van der Waals surface area contributed by atoms with Gasteiger partial charge in [-0.2, -0.15) is 4.31 Å². The molecule has 6 nitrogen and oxygen atoms in total. The molecule has 0 unspecified atom stereocenters. The maximum Gasteiger partial charge on any atom is 0.243 e. The Bertz CT molecular complexity index is 735. The largest absolute Gasteiger partial charge is 0.343 e. The van der Waals surface area contributed by atoms with Crippen molar-refractivity contribution in [3.8, 4) is 0 Å². The smallest absolute Gasteiger partial charge is 0.243 e. The lowest BCUT2D eigenvalue weighted by atomic mass is 10.1. The van der Waals surface area contributed by atoms with Crippen LogP contribution in [-0.2, 0) is 21.2 Å². The van der Waals surface area contributed by atoms with Gasteiger partial charge in [-0.3, -0.25) is 4.79 Å². The summed E-state index contributed by atoms with van der Waals surface area (Å²) in [6, 6.07) is 7.28. The van der Waals surface area contributed by atoms with Crippen LogP contribution in [0.1, 0.15) is 44.6 Å². The first-order valence-electron chi connectivity index (χ1n) is 10.6. The van der Waals surface area contributed by atoms with Crippen LogP contribution in [0.3, 0.4) is 0 Å². The number of carbonyl (C=O) groups is 1. The first-order valence-corrected chi connectivity index (χ1v) is 12.0. The van der Waals surface area contributed by atoms with Crippen molar-refractivity contribution < 1.29 is 13.2 Å². The minimum atomic E-state index is -3.43. The van der Waals surface area contributed by atoms with Crippen LogP contribution in [0.15, 0.2) is 29.2 Å². The number of likely N-dealkylation sites (tertiary alicyclic amines) is 1. The third-order valence-corrected chi connectivity index (χ3v) is 7.69. The molecular weight excluding hydrogens is 374 g/mol. The standard InChI is InChI=1S/C21H33N3O3S/c1-2-6-19-7-9-20(10-8-19)28(26,27)24-17-15-22(16-18-24)14-11-21(25)23-12-4-3-5-13-23/h7-10H,2-6,11-18H2,1H3. The Morgan fingerprint density at radius 2 is 1.57 bits per heavy atom. The molecule has 2 aliphatic rings. The van der Waals surface area contributed by atoms with Crippen molar-refractivity contribution >= 4 is 15.9 Å². The molecule has 3 rings (SSSR count). The Labute approximate surface area is 169 Å². The summed E-state index contributed by atoms with van der Waals surface area (Å²) in [5.41, 5.74) is 1.17. The third kappa shape index (κ3) is 5.33. The fourth-order valence-corrected chi connectivity index (χ4v) is 5.44. The zero-order valence-electron chi connectivity index (χ0n) is 17.0. The van der Waals surface area contributed by atoms with Crippen LogP contribution in [0, 0.1) is 0 Å². The summed E-state index contributed by atoms with van der Waals surface area (Å²) in [5, 5.41) is 0. The Morgan fingerprint density at radius 1 is 0.929 bits per heavy atom. The molecule has 0 N–H and O–H groups in total. The van der Waals surface area contributed by atoms with Crippen LogP contribution in [0.2, 0.25) is 0 Å². The maximum absolute atomic E-state index is 12.9. The lowest BCUT2D eigenvalue weighted by molar-refractivity contribution is -0.132. The Balaban J connectivity index is 1.48. The molecule has 0 aliphatic carbocycles. The van der Waals surface area contributed by atoms with Crippen molar-refractivity contribution in [2.45, 2.75) is 50.3 Å². The van der Waals surface area contributed by atoms with Crippen molar-refractivity contribution in [1.82, 2.24) is 14.1 Å². The van der Waals surface area contributed by atoms with Gasteiger partial charge in [0.1, 0.15) is 0 Å². The zero-order valence-corrected chi connectivity index (χ0v) is 17.8. The van der Waals surface area contributed by atoms with Gasteiger partial charge in [-0.1, -0.05) is 25.5 Å². The van der Waals surface area contributed by atoms with E-state index in [1.165, 1.54) is 12.0 Å². The number of hydrogen-bond donors (Lipinski definition) is 0. The lowest BCUT2D eigenvalue weighted by Crippen LogP contribution is -2.49. The molecule has 1 aromatic rings. The van der Waals surface area contributed by atoms with Gasteiger partial charge in [0.25, 0.3) is 0 Å². The molecule has 156 valence electrons. The molecule has 0 atom stereocenters. The van der Waals surface area contributed by atoms with Crippen LogP contribution >= 0.6 is 0 Å². The number of sulfonamides is 1. The highest BCUT2D eigenvalue weighted by Gasteiger charge is 2.28. The number of piperidine rings is 1. The average molecular weight is 408 g/mol. The van der Waals surface area contributed by atoms with E-state index in [0.29, 0.717) is 37.5 Å². The summed E-state index contributed by atoms with van der Waals surface area (Å²) in [6.07, 6.45) is 6.00. The Hall–Kier alpha value is -1.44. The van der Waals surface area contributed by atoms with Gasteiger partial charge >= 0.3 is 0 Å². The van der Waals surface area contributed by atoms with Gasteiger partial charge in [0, 0.05) is 52.2 Å². The SMILES string of the molecule is CCCc1ccc(S(=O)(=O)N2CCN(CCC(=O)N3CCCCC3)CC2)cc1. The number of benzene rings is 1. The van der Waals surface area contributed by atoms with Gasteiger partial charge in [0.05, 0.1) is 4.90 Å². The van der Waals surface area contributed by atoms with E-state index in [1.807, 2.05) is 17.0 Å². The van der Waals surface area contributed by atoms with E-state index in [9.17, 15) is 13.2 Å². The molecule has 1 aromatic carbocycles. The zero-order chi connectivity index (χ0) is 20.0. The van der Waals surface area contributed by atoms with E-state index < -0.39 is 10.0 Å².